The highest BCUT2D eigenvalue weighted by Gasteiger charge is 2.32. The lowest BCUT2D eigenvalue weighted by molar-refractivity contribution is 0.0358. The molecule has 0 unspecified atom stereocenters. The number of hydrogen-bond acceptors (Lipinski definition) is 3. The van der Waals surface area contributed by atoms with Gasteiger partial charge in [-0.3, -0.25) is 0 Å². The second-order valence-electron chi connectivity index (χ2n) is 6.90. The first-order chi connectivity index (χ1) is 13.4. The molecule has 1 aromatic heterocycles. The van der Waals surface area contributed by atoms with Crippen molar-refractivity contribution < 1.29 is 9.47 Å². The molecular weight excluding hydrogens is 336 g/mol. The Morgan fingerprint density at radius 3 is 2.48 bits per heavy atom. The van der Waals surface area contributed by atoms with Crippen molar-refractivity contribution in [3.05, 3.63) is 78.2 Å². The van der Waals surface area contributed by atoms with Gasteiger partial charge in [-0.05, 0) is 25.3 Å². The van der Waals surface area contributed by atoms with Crippen LogP contribution in [0.4, 0.5) is 0 Å². The van der Waals surface area contributed by atoms with Crippen molar-refractivity contribution in [1.82, 2.24) is 9.55 Å². The maximum absolute atomic E-state index is 5.93. The maximum Gasteiger partial charge on any atom is 0.104 e. The van der Waals surface area contributed by atoms with Gasteiger partial charge in [-0.15, -0.1) is 0 Å². The number of ether oxygens (including phenoxy) is 2. The highest BCUT2D eigenvalue weighted by molar-refractivity contribution is 5.62. The van der Waals surface area contributed by atoms with Crippen LogP contribution < -0.4 is 0 Å². The Hall–Kier alpha value is -2.43. The summed E-state index contributed by atoms with van der Waals surface area (Å²) >= 11 is 0. The summed E-state index contributed by atoms with van der Waals surface area (Å²) in [5.74, 6) is 0. The topological polar surface area (TPSA) is 36.3 Å². The minimum atomic E-state index is 0.0864. The summed E-state index contributed by atoms with van der Waals surface area (Å²) in [6.45, 7) is 4.06. The monoisotopic (exact) mass is 362 g/mol. The van der Waals surface area contributed by atoms with E-state index >= 15 is 0 Å². The Balaban J connectivity index is 1.67. The lowest BCUT2D eigenvalue weighted by atomic mass is 10.0. The third-order valence-electron chi connectivity index (χ3n) is 5.17. The van der Waals surface area contributed by atoms with E-state index in [1.165, 1.54) is 11.3 Å². The minimum Gasteiger partial charge on any atom is -0.376 e. The van der Waals surface area contributed by atoms with Gasteiger partial charge in [0.05, 0.1) is 31.3 Å². The Kier molecular flexibility index (Phi) is 5.66. The van der Waals surface area contributed by atoms with Crippen molar-refractivity contribution in [3.8, 4) is 11.3 Å². The van der Waals surface area contributed by atoms with Crippen LogP contribution in [0, 0.1) is 0 Å². The molecule has 4 nitrogen and oxygen atoms in total. The number of benzene rings is 2. The highest BCUT2D eigenvalue weighted by atomic mass is 16.5. The molecular formula is C23H26N2O2. The zero-order valence-electron chi connectivity index (χ0n) is 15.8. The Morgan fingerprint density at radius 1 is 1.00 bits per heavy atom. The Bertz CT molecular complexity index is 845. The second-order valence-corrected chi connectivity index (χ2v) is 6.90. The zero-order chi connectivity index (χ0) is 18.5. The molecule has 0 radical (unpaired) electrons. The number of imidazole rings is 1. The smallest absolute Gasteiger partial charge is 0.104 e. The molecule has 4 heteroatoms. The third kappa shape index (κ3) is 3.97. The molecule has 0 amide bonds. The zero-order valence-corrected chi connectivity index (χ0v) is 15.8. The fourth-order valence-corrected chi connectivity index (χ4v) is 3.82. The van der Waals surface area contributed by atoms with Crippen LogP contribution in [0.5, 0.6) is 0 Å². The number of nitrogens with zero attached hydrogens (tertiary/aromatic N) is 2. The molecule has 0 aliphatic carbocycles. The standard InChI is InChI=1S/C23H26N2O2/c1-2-27-22-16-26-15-21(22)25-17-24-23(19-11-7-4-8-12-19)20(25)14-13-18-9-5-3-6-10-18/h3-12,17,21-22H,2,13-16H2,1H3/t21-,22-/m0/s1. The van der Waals surface area contributed by atoms with E-state index in [1.807, 2.05) is 19.3 Å². The average Bonchev–Trinajstić information content (AvgIpc) is 3.34. The molecule has 1 saturated heterocycles. The summed E-state index contributed by atoms with van der Waals surface area (Å²) in [5.41, 5.74) is 4.82. The van der Waals surface area contributed by atoms with Crippen molar-refractivity contribution in [2.45, 2.75) is 31.9 Å². The van der Waals surface area contributed by atoms with Gasteiger partial charge in [-0.2, -0.15) is 0 Å². The van der Waals surface area contributed by atoms with Gasteiger partial charge in [-0.1, -0.05) is 60.7 Å². The number of rotatable bonds is 7. The van der Waals surface area contributed by atoms with E-state index < -0.39 is 0 Å². The summed E-state index contributed by atoms with van der Waals surface area (Å²) in [6.07, 6.45) is 3.97. The predicted molar refractivity (Wildman–Crippen MR) is 107 cm³/mol. The van der Waals surface area contributed by atoms with E-state index in [4.69, 9.17) is 14.5 Å². The van der Waals surface area contributed by atoms with Crippen LogP contribution in [0.3, 0.4) is 0 Å². The average molecular weight is 362 g/mol. The molecule has 140 valence electrons. The van der Waals surface area contributed by atoms with Crippen LogP contribution in [-0.2, 0) is 22.3 Å². The lowest BCUT2D eigenvalue weighted by Crippen LogP contribution is -2.26. The fraction of sp³-hybridized carbons (Fsp3) is 0.348. The van der Waals surface area contributed by atoms with Crippen LogP contribution in [0.2, 0.25) is 0 Å². The normalized spacial score (nSPS) is 19.4. The predicted octanol–water partition coefficient (Wildman–Crippen LogP) is 4.31. The van der Waals surface area contributed by atoms with Gasteiger partial charge in [-0.25, -0.2) is 4.98 Å². The molecule has 3 aromatic rings. The van der Waals surface area contributed by atoms with Crippen molar-refractivity contribution in [3.63, 3.8) is 0 Å². The molecule has 4 rings (SSSR count). The maximum atomic E-state index is 5.93. The number of aromatic nitrogens is 2. The quantitative estimate of drug-likeness (QED) is 0.628. The first-order valence-corrected chi connectivity index (χ1v) is 9.71. The SMILES string of the molecule is CCO[C@H]1COC[C@@H]1n1cnc(-c2ccccc2)c1CCc1ccccc1. The van der Waals surface area contributed by atoms with Crippen LogP contribution in [-0.4, -0.2) is 35.5 Å². The van der Waals surface area contributed by atoms with E-state index in [-0.39, 0.29) is 12.1 Å². The van der Waals surface area contributed by atoms with E-state index in [0.29, 0.717) is 19.8 Å². The lowest BCUT2D eigenvalue weighted by Gasteiger charge is -2.21. The van der Waals surface area contributed by atoms with Crippen molar-refractivity contribution in [2.24, 2.45) is 0 Å². The summed E-state index contributed by atoms with van der Waals surface area (Å²) in [5, 5.41) is 0. The van der Waals surface area contributed by atoms with Gasteiger partial charge in [0.1, 0.15) is 6.10 Å². The highest BCUT2D eigenvalue weighted by Crippen LogP contribution is 2.30. The van der Waals surface area contributed by atoms with E-state index in [2.05, 4.69) is 59.2 Å². The van der Waals surface area contributed by atoms with Crippen LogP contribution in [0.15, 0.2) is 67.0 Å². The van der Waals surface area contributed by atoms with Gasteiger partial charge in [0.2, 0.25) is 0 Å². The minimum absolute atomic E-state index is 0.0864. The number of hydrogen-bond donors (Lipinski definition) is 0. The molecule has 1 fully saturated rings. The van der Waals surface area contributed by atoms with E-state index in [9.17, 15) is 0 Å². The van der Waals surface area contributed by atoms with Crippen molar-refractivity contribution >= 4 is 0 Å². The summed E-state index contributed by atoms with van der Waals surface area (Å²) in [6, 6.07) is 21.2. The van der Waals surface area contributed by atoms with Crippen LogP contribution in [0.1, 0.15) is 24.2 Å². The third-order valence-corrected chi connectivity index (χ3v) is 5.17. The van der Waals surface area contributed by atoms with Gasteiger partial charge in [0.15, 0.2) is 0 Å². The van der Waals surface area contributed by atoms with Gasteiger partial charge < -0.3 is 14.0 Å². The first-order valence-electron chi connectivity index (χ1n) is 9.71. The van der Waals surface area contributed by atoms with Gasteiger partial charge >= 0.3 is 0 Å². The molecule has 2 aromatic carbocycles. The van der Waals surface area contributed by atoms with E-state index in [0.717, 1.165) is 24.1 Å². The summed E-state index contributed by atoms with van der Waals surface area (Å²) in [4.78, 5) is 4.79. The van der Waals surface area contributed by atoms with Crippen molar-refractivity contribution in [2.75, 3.05) is 19.8 Å². The van der Waals surface area contributed by atoms with Crippen LogP contribution >= 0.6 is 0 Å². The molecule has 27 heavy (non-hydrogen) atoms. The van der Waals surface area contributed by atoms with Gasteiger partial charge in [0.25, 0.3) is 0 Å². The molecule has 0 spiro atoms. The van der Waals surface area contributed by atoms with E-state index in [1.54, 1.807) is 0 Å². The number of aryl methyl sites for hydroxylation is 1. The Morgan fingerprint density at radius 2 is 1.74 bits per heavy atom. The second kappa shape index (κ2) is 8.51. The molecule has 0 N–H and O–H groups in total. The molecule has 0 bridgehead atoms. The van der Waals surface area contributed by atoms with Crippen LogP contribution in [0.25, 0.3) is 11.3 Å². The molecule has 2 atom stereocenters. The van der Waals surface area contributed by atoms with Crippen molar-refractivity contribution in [1.29, 1.82) is 0 Å². The Labute approximate surface area is 160 Å². The largest absolute Gasteiger partial charge is 0.376 e. The summed E-state index contributed by atoms with van der Waals surface area (Å²) < 4.78 is 14.0. The molecule has 0 saturated carbocycles. The summed E-state index contributed by atoms with van der Waals surface area (Å²) in [7, 11) is 0. The molecule has 2 heterocycles. The first kappa shape index (κ1) is 18.0. The molecule has 1 aliphatic heterocycles. The fourth-order valence-electron chi connectivity index (χ4n) is 3.82. The molecule has 1 aliphatic rings. The van der Waals surface area contributed by atoms with Gasteiger partial charge in [0, 0.05) is 17.9 Å².